The summed E-state index contributed by atoms with van der Waals surface area (Å²) in [6.45, 7) is -0.544. The number of carbonyl (C=O) groups is 1. The van der Waals surface area contributed by atoms with Gasteiger partial charge in [-0.3, -0.25) is 20.7 Å². The van der Waals surface area contributed by atoms with Gasteiger partial charge in [0.25, 0.3) is 5.69 Å². The minimum Gasteiger partial charge on any atom is -0.284 e. The van der Waals surface area contributed by atoms with E-state index in [4.69, 9.17) is 10.6 Å². The molecule has 0 amide bonds. The lowest BCUT2D eigenvalue weighted by Crippen LogP contribution is -2.76. The maximum absolute atomic E-state index is 12.3. The van der Waals surface area contributed by atoms with E-state index in [1.165, 1.54) is 43.4 Å². The van der Waals surface area contributed by atoms with Gasteiger partial charge in [0.1, 0.15) is 6.54 Å². The van der Waals surface area contributed by atoms with E-state index in [1.807, 2.05) is 0 Å². The number of nitro benzene ring substituents is 1. The van der Waals surface area contributed by atoms with E-state index in [2.05, 4.69) is 5.16 Å². The monoisotopic (exact) mass is 393 g/mol. The van der Waals surface area contributed by atoms with Crippen LogP contribution in [0.15, 0.2) is 59.5 Å². The van der Waals surface area contributed by atoms with Gasteiger partial charge in [-0.1, -0.05) is 23.4 Å². The average molecular weight is 393 g/mol. The Labute approximate surface area is 155 Å². The number of hydrogen-bond acceptors (Lipinski definition) is 6. The maximum Gasteiger partial charge on any atom is 0.372 e. The zero-order valence-electron chi connectivity index (χ0n) is 14.2. The van der Waals surface area contributed by atoms with Crippen LogP contribution in [0.4, 0.5) is 5.69 Å². The number of nitro groups is 1. The third-order valence-electron chi connectivity index (χ3n) is 3.47. The fourth-order valence-corrected chi connectivity index (χ4v) is 3.14. The Balaban J connectivity index is 2.00. The van der Waals surface area contributed by atoms with E-state index in [1.54, 1.807) is 18.2 Å². The highest BCUT2D eigenvalue weighted by Crippen LogP contribution is 2.13. The summed E-state index contributed by atoms with van der Waals surface area (Å²) in [5, 5.41) is 12.8. The Morgan fingerprint density at radius 3 is 2.33 bits per heavy atom. The molecule has 2 rings (SSSR count). The molecular formula is C16H17N4O6S+. The van der Waals surface area contributed by atoms with Gasteiger partial charge in [0.2, 0.25) is 10.0 Å². The molecule has 0 aromatic heterocycles. The largest absolute Gasteiger partial charge is 0.372 e. The smallest absolute Gasteiger partial charge is 0.284 e. The lowest BCUT2D eigenvalue weighted by molar-refractivity contribution is -0.723. The van der Waals surface area contributed by atoms with E-state index < -0.39 is 27.5 Å². The Bertz CT molecular complexity index is 958. The SMILES string of the molecule is CN(CC(=O)O[NH+]=C(N)c1ccc([N+](=O)[O-])cc1)S(=O)(=O)c1ccccc1. The topological polar surface area (TPSA) is 147 Å². The van der Waals surface area contributed by atoms with Crippen LogP contribution in [0.2, 0.25) is 0 Å². The van der Waals surface area contributed by atoms with Gasteiger partial charge >= 0.3 is 11.8 Å². The van der Waals surface area contributed by atoms with Crippen molar-refractivity contribution >= 4 is 27.5 Å². The van der Waals surface area contributed by atoms with E-state index in [0.29, 0.717) is 5.56 Å². The van der Waals surface area contributed by atoms with Gasteiger partial charge in [0.15, 0.2) is 0 Å². The molecule has 142 valence electrons. The maximum atomic E-state index is 12.3. The highest BCUT2D eigenvalue weighted by molar-refractivity contribution is 7.89. The van der Waals surface area contributed by atoms with E-state index in [9.17, 15) is 23.3 Å². The van der Waals surface area contributed by atoms with Crippen molar-refractivity contribution < 1.29 is 28.1 Å². The molecule has 0 aliphatic carbocycles. The normalized spacial score (nSPS) is 12.0. The van der Waals surface area contributed by atoms with Crippen LogP contribution in [0, 0.1) is 10.1 Å². The summed E-state index contributed by atoms with van der Waals surface area (Å²) in [4.78, 5) is 26.7. The van der Waals surface area contributed by atoms with Gasteiger partial charge in [0.05, 0.1) is 15.4 Å². The Kier molecular flexibility index (Phi) is 6.21. The zero-order chi connectivity index (χ0) is 20.0. The lowest BCUT2D eigenvalue weighted by Gasteiger charge is -2.14. The molecule has 0 aliphatic rings. The van der Waals surface area contributed by atoms with Crippen LogP contribution in [-0.2, 0) is 19.7 Å². The molecule has 2 aromatic rings. The molecule has 0 atom stereocenters. The van der Waals surface area contributed by atoms with Crippen LogP contribution >= 0.6 is 0 Å². The predicted octanol–water partition coefficient (Wildman–Crippen LogP) is -0.840. The first-order chi connectivity index (χ1) is 12.7. The number of nitrogens with two attached hydrogens (primary N) is 1. The highest BCUT2D eigenvalue weighted by Gasteiger charge is 2.24. The number of nitrogen functional groups attached to an aromatic ring is 1. The van der Waals surface area contributed by atoms with Gasteiger partial charge in [-0.2, -0.15) is 4.31 Å². The molecule has 27 heavy (non-hydrogen) atoms. The second-order valence-electron chi connectivity index (χ2n) is 5.37. The van der Waals surface area contributed by atoms with Crippen LogP contribution in [0.3, 0.4) is 0 Å². The van der Waals surface area contributed by atoms with Crippen molar-refractivity contribution in [2.45, 2.75) is 4.90 Å². The molecule has 0 saturated carbocycles. The zero-order valence-corrected chi connectivity index (χ0v) is 15.0. The minimum absolute atomic E-state index is 0.0465. The van der Waals surface area contributed by atoms with Gasteiger partial charge in [-0.05, 0) is 24.3 Å². The second kappa shape index (κ2) is 8.38. The highest BCUT2D eigenvalue weighted by atomic mass is 32.2. The molecule has 0 spiro atoms. The van der Waals surface area contributed by atoms with Gasteiger partial charge in [0, 0.05) is 19.2 Å². The summed E-state index contributed by atoms with van der Waals surface area (Å²) >= 11 is 0. The number of hydrogen-bond donors (Lipinski definition) is 2. The van der Waals surface area contributed by atoms with E-state index >= 15 is 0 Å². The molecule has 0 heterocycles. The number of nitrogens with one attached hydrogen (secondary N) is 1. The van der Waals surface area contributed by atoms with Gasteiger partial charge in [-0.25, -0.2) is 13.2 Å². The van der Waals surface area contributed by atoms with Crippen LogP contribution in [-0.4, -0.2) is 43.0 Å². The number of benzene rings is 2. The van der Waals surface area contributed by atoms with Crippen molar-refractivity contribution in [1.82, 2.24) is 4.31 Å². The van der Waals surface area contributed by atoms with Crippen LogP contribution in [0.25, 0.3) is 0 Å². The second-order valence-corrected chi connectivity index (χ2v) is 7.41. The first-order valence-corrected chi connectivity index (χ1v) is 9.00. The number of sulfonamides is 1. The predicted molar refractivity (Wildman–Crippen MR) is 94.7 cm³/mol. The number of nitrogens with zero attached hydrogens (tertiary/aromatic N) is 2. The molecule has 0 saturated heterocycles. The summed E-state index contributed by atoms with van der Waals surface area (Å²) in [6.07, 6.45) is 0. The molecule has 11 heteroatoms. The van der Waals surface area contributed by atoms with E-state index in [-0.39, 0.29) is 16.4 Å². The van der Waals surface area contributed by atoms with E-state index in [0.717, 1.165) is 4.31 Å². The van der Waals surface area contributed by atoms with Crippen molar-refractivity contribution in [3.8, 4) is 0 Å². The van der Waals surface area contributed by atoms with Crippen LogP contribution in [0.1, 0.15) is 5.56 Å². The number of carbonyl (C=O) groups excluding carboxylic acids is 1. The average Bonchev–Trinajstić information content (AvgIpc) is 2.66. The van der Waals surface area contributed by atoms with Crippen molar-refractivity contribution in [3.05, 3.63) is 70.3 Å². The molecule has 10 nitrogen and oxygen atoms in total. The molecule has 0 unspecified atom stereocenters. The number of likely N-dealkylation sites (N-methyl/N-ethyl adjacent to an activating group) is 1. The summed E-state index contributed by atoms with van der Waals surface area (Å²) in [5.41, 5.74) is 5.95. The quantitative estimate of drug-likeness (QED) is 0.205. The van der Waals surface area contributed by atoms with Crippen molar-refractivity contribution in [3.63, 3.8) is 0 Å². The molecule has 0 fully saturated rings. The summed E-state index contributed by atoms with van der Waals surface area (Å²) < 4.78 is 25.5. The Morgan fingerprint density at radius 1 is 1.19 bits per heavy atom. The molecule has 0 radical (unpaired) electrons. The van der Waals surface area contributed by atoms with Gasteiger partial charge < -0.3 is 0 Å². The Hall–Kier alpha value is -3.31. The summed E-state index contributed by atoms with van der Waals surface area (Å²) in [7, 11) is -2.59. The van der Waals surface area contributed by atoms with Crippen molar-refractivity contribution in [1.29, 1.82) is 0 Å². The standard InChI is InChI=1S/C16H16N4O6S/c1-19(27(24,25)14-5-3-2-4-6-14)11-15(21)26-18-16(17)12-7-9-13(10-8-12)20(22)23/h2-10H,11H2,1H3,(H2,17,18)/p+1. The lowest BCUT2D eigenvalue weighted by atomic mass is 10.2. The first kappa shape index (κ1) is 20.0. The molecule has 0 bridgehead atoms. The molecule has 2 aromatic carbocycles. The third-order valence-corrected chi connectivity index (χ3v) is 5.28. The fraction of sp³-hybridized carbons (Fsp3) is 0.125. The number of non-ortho nitro benzene ring substituents is 1. The summed E-state index contributed by atoms with van der Waals surface area (Å²) in [6, 6.07) is 12.9. The van der Waals surface area contributed by atoms with Crippen molar-refractivity contribution in [2.75, 3.05) is 13.6 Å². The molecule has 0 aliphatic heterocycles. The number of rotatable bonds is 7. The van der Waals surface area contributed by atoms with Crippen LogP contribution < -0.4 is 10.9 Å². The summed E-state index contributed by atoms with van der Waals surface area (Å²) in [5.74, 6) is -0.950. The van der Waals surface area contributed by atoms with Crippen molar-refractivity contribution in [2.24, 2.45) is 5.73 Å². The Morgan fingerprint density at radius 2 is 1.78 bits per heavy atom. The van der Waals surface area contributed by atoms with Crippen LogP contribution in [0.5, 0.6) is 0 Å². The molecular weight excluding hydrogens is 376 g/mol. The number of amidine groups is 1. The first-order valence-electron chi connectivity index (χ1n) is 7.56. The third kappa shape index (κ3) is 5.09. The minimum atomic E-state index is -3.83. The van der Waals surface area contributed by atoms with Gasteiger partial charge in [-0.15, -0.1) is 0 Å². The molecule has 3 N–H and O–H groups in total. The fourth-order valence-electron chi connectivity index (χ4n) is 2.00.